The van der Waals surface area contributed by atoms with Gasteiger partial charge in [-0.05, 0) is 37.1 Å². The van der Waals surface area contributed by atoms with Crippen molar-refractivity contribution in [2.75, 3.05) is 0 Å². The molecule has 0 saturated carbocycles. The zero-order valence-electron chi connectivity index (χ0n) is 13.3. The SMILES string of the molecule is Cc1cc(C(C)(C(F)(F)F)C(F)(F)F)ccc1-c1cccc[n+]1C. The zero-order chi connectivity index (χ0) is 18.3. The van der Waals surface area contributed by atoms with Gasteiger partial charge >= 0.3 is 12.4 Å². The van der Waals surface area contributed by atoms with Crippen molar-refractivity contribution in [2.45, 2.75) is 31.6 Å². The summed E-state index contributed by atoms with van der Waals surface area (Å²) in [5.41, 5.74) is -3.12. The van der Waals surface area contributed by atoms with E-state index in [4.69, 9.17) is 0 Å². The molecule has 0 radical (unpaired) electrons. The molecule has 0 bridgehead atoms. The average molecular weight is 348 g/mol. The van der Waals surface area contributed by atoms with Crippen LogP contribution in [0.3, 0.4) is 0 Å². The van der Waals surface area contributed by atoms with E-state index in [1.807, 2.05) is 0 Å². The molecule has 0 fully saturated rings. The summed E-state index contributed by atoms with van der Waals surface area (Å²) in [6.07, 6.45) is -9.15. The van der Waals surface area contributed by atoms with Crippen molar-refractivity contribution in [1.82, 2.24) is 0 Å². The lowest BCUT2D eigenvalue weighted by atomic mass is 9.79. The third-order valence-corrected chi connectivity index (χ3v) is 4.27. The fraction of sp³-hybridized carbons (Fsp3) is 0.353. The van der Waals surface area contributed by atoms with Gasteiger partial charge in [0.1, 0.15) is 7.05 Å². The molecule has 0 spiro atoms. The summed E-state index contributed by atoms with van der Waals surface area (Å²) in [5, 5.41) is 0. The van der Waals surface area contributed by atoms with Crippen LogP contribution >= 0.6 is 0 Å². The van der Waals surface area contributed by atoms with E-state index in [-0.39, 0.29) is 6.92 Å². The molecule has 1 aromatic heterocycles. The van der Waals surface area contributed by atoms with Crippen LogP contribution in [0.15, 0.2) is 42.6 Å². The number of hydrogen-bond donors (Lipinski definition) is 0. The summed E-state index contributed by atoms with van der Waals surface area (Å²) in [6, 6.07) is 8.43. The van der Waals surface area contributed by atoms with Crippen LogP contribution in [-0.2, 0) is 12.5 Å². The van der Waals surface area contributed by atoms with Crippen LogP contribution in [0.4, 0.5) is 26.3 Å². The van der Waals surface area contributed by atoms with Gasteiger partial charge in [-0.1, -0.05) is 12.1 Å². The number of pyridine rings is 1. The Kier molecular flexibility index (Phi) is 4.41. The topological polar surface area (TPSA) is 3.88 Å². The van der Waals surface area contributed by atoms with Crippen LogP contribution < -0.4 is 4.57 Å². The lowest BCUT2D eigenvalue weighted by Gasteiger charge is -2.34. The van der Waals surface area contributed by atoms with E-state index in [9.17, 15) is 26.3 Å². The van der Waals surface area contributed by atoms with Gasteiger partial charge in [-0.3, -0.25) is 0 Å². The largest absolute Gasteiger partial charge is 0.406 e. The highest BCUT2D eigenvalue weighted by Gasteiger charge is 2.68. The fourth-order valence-electron chi connectivity index (χ4n) is 2.55. The summed E-state index contributed by atoms with van der Waals surface area (Å²) >= 11 is 0. The molecule has 0 amide bonds. The van der Waals surface area contributed by atoms with E-state index >= 15 is 0 Å². The summed E-state index contributed by atoms with van der Waals surface area (Å²) in [6.45, 7) is 1.67. The van der Waals surface area contributed by atoms with Gasteiger partial charge in [0.05, 0.1) is 0 Å². The molecular weight excluding hydrogens is 332 g/mol. The van der Waals surface area contributed by atoms with Crippen LogP contribution in [0.25, 0.3) is 11.3 Å². The molecule has 0 aliphatic rings. The van der Waals surface area contributed by atoms with Crippen LogP contribution in [0.1, 0.15) is 18.1 Å². The van der Waals surface area contributed by atoms with E-state index in [0.717, 1.165) is 12.1 Å². The molecular formula is C17H16F6N+. The van der Waals surface area contributed by atoms with Crippen LogP contribution in [-0.4, -0.2) is 12.4 Å². The Bertz CT molecular complexity index is 731. The fourth-order valence-corrected chi connectivity index (χ4v) is 2.55. The van der Waals surface area contributed by atoms with E-state index in [1.165, 1.54) is 13.0 Å². The first-order chi connectivity index (χ1) is 10.9. The quantitative estimate of drug-likeness (QED) is 0.539. The highest BCUT2D eigenvalue weighted by molar-refractivity contribution is 5.62. The molecule has 1 aromatic carbocycles. The van der Waals surface area contributed by atoms with Gasteiger partial charge < -0.3 is 0 Å². The summed E-state index contributed by atoms with van der Waals surface area (Å²) in [7, 11) is 1.75. The predicted octanol–water partition coefficient (Wildman–Crippen LogP) is 4.87. The second-order valence-corrected chi connectivity index (χ2v) is 5.85. The molecule has 2 aromatic rings. The molecule has 24 heavy (non-hydrogen) atoms. The first-order valence-corrected chi connectivity index (χ1v) is 7.09. The standard InChI is InChI=1S/C17H16F6N/c1-11-10-12(15(2,16(18,19)20)17(21,22)23)7-8-13(11)14-6-4-5-9-24(14)3/h4-10H,1-3H3/q+1. The van der Waals surface area contributed by atoms with Crippen molar-refractivity contribution in [1.29, 1.82) is 0 Å². The molecule has 0 atom stereocenters. The number of aryl methyl sites for hydroxylation is 2. The number of rotatable bonds is 2. The van der Waals surface area contributed by atoms with Gasteiger partial charge in [0.25, 0.3) is 0 Å². The smallest absolute Gasteiger partial charge is 0.201 e. The molecule has 1 heterocycles. The third-order valence-electron chi connectivity index (χ3n) is 4.27. The zero-order valence-corrected chi connectivity index (χ0v) is 13.3. The van der Waals surface area contributed by atoms with Crippen molar-refractivity contribution in [3.05, 3.63) is 53.7 Å². The molecule has 2 rings (SSSR count). The van der Waals surface area contributed by atoms with Crippen LogP contribution in [0, 0.1) is 6.92 Å². The van der Waals surface area contributed by atoms with E-state index in [0.29, 0.717) is 16.8 Å². The van der Waals surface area contributed by atoms with Crippen molar-refractivity contribution in [3.8, 4) is 11.3 Å². The Labute approximate surface area is 135 Å². The maximum atomic E-state index is 13.2. The monoisotopic (exact) mass is 348 g/mol. The Balaban J connectivity index is 2.63. The number of hydrogen-bond acceptors (Lipinski definition) is 0. The number of alkyl halides is 6. The van der Waals surface area contributed by atoms with E-state index < -0.39 is 23.3 Å². The number of aromatic nitrogens is 1. The number of benzene rings is 1. The number of halogens is 6. The second kappa shape index (κ2) is 5.79. The van der Waals surface area contributed by atoms with Crippen molar-refractivity contribution >= 4 is 0 Å². The van der Waals surface area contributed by atoms with Crippen molar-refractivity contribution < 1.29 is 30.9 Å². The normalized spacial score (nSPS) is 13.2. The first kappa shape index (κ1) is 18.3. The lowest BCUT2D eigenvalue weighted by Crippen LogP contribution is -2.51. The van der Waals surface area contributed by atoms with Gasteiger partial charge in [0.15, 0.2) is 11.6 Å². The van der Waals surface area contributed by atoms with Gasteiger partial charge in [-0.15, -0.1) is 0 Å². The average Bonchev–Trinajstić information content (AvgIpc) is 2.45. The maximum Gasteiger partial charge on any atom is 0.406 e. The van der Waals surface area contributed by atoms with Gasteiger partial charge in [0.2, 0.25) is 5.69 Å². The third kappa shape index (κ3) is 2.87. The Hall–Kier alpha value is -2.05. The molecule has 0 aliphatic heterocycles. The number of nitrogens with zero attached hydrogens (tertiary/aromatic N) is 1. The van der Waals surface area contributed by atoms with Gasteiger partial charge in [-0.2, -0.15) is 26.3 Å². The minimum Gasteiger partial charge on any atom is -0.201 e. The predicted molar refractivity (Wildman–Crippen MR) is 77.3 cm³/mol. The highest BCUT2D eigenvalue weighted by Crippen LogP contribution is 2.52. The van der Waals surface area contributed by atoms with E-state index in [1.54, 1.807) is 36.0 Å². The maximum absolute atomic E-state index is 13.2. The Morgan fingerprint density at radius 2 is 1.46 bits per heavy atom. The molecule has 0 aliphatic carbocycles. The first-order valence-electron chi connectivity index (χ1n) is 7.09. The Morgan fingerprint density at radius 1 is 0.875 bits per heavy atom. The van der Waals surface area contributed by atoms with E-state index in [2.05, 4.69) is 0 Å². The van der Waals surface area contributed by atoms with Gasteiger partial charge in [0, 0.05) is 17.7 Å². The van der Waals surface area contributed by atoms with Crippen LogP contribution in [0.2, 0.25) is 0 Å². The minimum absolute atomic E-state index is 0.171. The summed E-state index contributed by atoms with van der Waals surface area (Å²) < 4.78 is 80.8. The molecule has 0 saturated heterocycles. The molecule has 1 nitrogen and oxygen atoms in total. The molecule has 0 N–H and O–H groups in total. The lowest BCUT2D eigenvalue weighted by molar-refractivity contribution is -0.660. The van der Waals surface area contributed by atoms with Crippen molar-refractivity contribution in [2.24, 2.45) is 7.05 Å². The minimum atomic E-state index is -5.45. The van der Waals surface area contributed by atoms with Crippen LogP contribution in [0.5, 0.6) is 0 Å². The van der Waals surface area contributed by atoms with Gasteiger partial charge in [-0.25, -0.2) is 4.57 Å². The highest BCUT2D eigenvalue weighted by atomic mass is 19.4. The van der Waals surface area contributed by atoms with Crippen molar-refractivity contribution in [3.63, 3.8) is 0 Å². The molecule has 130 valence electrons. The summed E-state index contributed by atoms with van der Waals surface area (Å²) in [4.78, 5) is 0. The summed E-state index contributed by atoms with van der Waals surface area (Å²) in [5.74, 6) is 0. The Morgan fingerprint density at radius 3 is 1.92 bits per heavy atom. The molecule has 0 unspecified atom stereocenters. The second-order valence-electron chi connectivity index (χ2n) is 5.85. The molecule has 7 heteroatoms.